The van der Waals surface area contributed by atoms with Gasteiger partial charge in [-0.1, -0.05) is 13.8 Å². The number of pyridine rings is 1. The predicted octanol–water partition coefficient (Wildman–Crippen LogP) is 1.18. The molecule has 0 unspecified atom stereocenters. The van der Waals surface area contributed by atoms with Crippen LogP contribution in [0.5, 0.6) is 0 Å². The SMILES string of the molecule is Cc1c(C(=O)N2CC[C@](C)(O)C(C)(C)C2)c[nH]c(=O)c1C#N. The van der Waals surface area contributed by atoms with E-state index in [-0.39, 0.29) is 11.5 Å². The van der Waals surface area contributed by atoms with Crippen LogP contribution in [0.1, 0.15) is 48.7 Å². The van der Waals surface area contributed by atoms with E-state index in [4.69, 9.17) is 5.26 Å². The monoisotopic (exact) mass is 303 g/mol. The van der Waals surface area contributed by atoms with E-state index in [9.17, 15) is 14.7 Å². The van der Waals surface area contributed by atoms with Crippen molar-refractivity contribution in [3.63, 3.8) is 0 Å². The van der Waals surface area contributed by atoms with Crippen LogP contribution in [0.25, 0.3) is 0 Å². The summed E-state index contributed by atoms with van der Waals surface area (Å²) < 4.78 is 0. The van der Waals surface area contributed by atoms with Crippen LogP contribution in [0, 0.1) is 23.7 Å². The Labute approximate surface area is 129 Å². The maximum absolute atomic E-state index is 12.7. The number of aromatic amines is 1. The zero-order valence-corrected chi connectivity index (χ0v) is 13.4. The number of H-pyrrole nitrogens is 1. The summed E-state index contributed by atoms with van der Waals surface area (Å²) >= 11 is 0. The van der Waals surface area contributed by atoms with Crippen LogP contribution in [0.3, 0.4) is 0 Å². The van der Waals surface area contributed by atoms with Crippen LogP contribution in [-0.4, -0.2) is 39.6 Å². The number of rotatable bonds is 1. The normalized spacial score (nSPS) is 23.9. The molecule has 1 saturated heterocycles. The molecule has 0 radical (unpaired) electrons. The van der Waals surface area contributed by atoms with Crippen LogP contribution >= 0.6 is 0 Å². The molecule has 1 fully saturated rings. The van der Waals surface area contributed by atoms with Gasteiger partial charge in [-0.15, -0.1) is 0 Å². The molecule has 1 aliphatic rings. The number of carbonyl (C=O) groups is 1. The molecule has 0 saturated carbocycles. The summed E-state index contributed by atoms with van der Waals surface area (Å²) in [5.74, 6) is -0.228. The number of hydrogen-bond acceptors (Lipinski definition) is 4. The van der Waals surface area contributed by atoms with Crippen LogP contribution in [0.15, 0.2) is 11.0 Å². The van der Waals surface area contributed by atoms with Crippen molar-refractivity contribution < 1.29 is 9.90 Å². The second kappa shape index (κ2) is 5.25. The summed E-state index contributed by atoms with van der Waals surface area (Å²) in [6.07, 6.45) is 1.85. The molecule has 2 N–H and O–H groups in total. The smallest absolute Gasteiger partial charge is 0.266 e. The Hall–Kier alpha value is -2.13. The Morgan fingerprint density at radius 3 is 2.64 bits per heavy atom. The standard InChI is InChI=1S/C16H21N3O3/c1-10-11(7-17)13(20)18-8-12(10)14(21)19-6-5-16(4,22)15(2,3)9-19/h8,22H,5-6,9H2,1-4H3,(H,18,20)/t16-/m0/s1. The fourth-order valence-corrected chi connectivity index (χ4v) is 2.74. The van der Waals surface area contributed by atoms with Crippen molar-refractivity contribution in [2.75, 3.05) is 13.1 Å². The molecule has 118 valence electrons. The van der Waals surface area contributed by atoms with Gasteiger partial charge in [0.25, 0.3) is 11.5 Å². The van der Waals surface area contributed by atoms with E-state index in [1.165, 1.54) is 6.20 Å². The number of likely N-dealkylation sites (tertiary alicyclic amines) is 1. The molecule has 2 rings (SSSR count). The Morgan fingerprint density at radius 1 is 1.45 bits per heavy atom. The number of nitriles is 1. The van der Waals surface area contributed by atoms with Crippen molar-refractivity contribution in [1.29, 1.82) is 5.26 Å². The lowest BCUT2D eigenvalue weighted by Gasteiger charge is -2.48. The number of aromatic nitrogens is 1. The highest BCUT2D eigenvalue weighted by Gasteiger charge is 2.45. The molecular weight excluding hydrogens is 282 g/mol. The molecule has 1 aromatic rings. The van der Waals surface area contributed by atoms with Crippen molar-refractivity contribution in [2.45, 2.75) is 39.7 Å². The Morgan fingerprint density at radius 2 is 2.09 bits per heavy atom. The number of amides is 1. The maximum atomic E-state index is 12.7. The van der Waals surface area contributed by atoms with E-state index < -0.39 is 16.6 Å². The molecule has 0 spiro atoms. The first-order chi connectivity index (χ1) is 10.1. The van der Waals surface area contributed by atoms with Crippen molar-refractivity contribution in [3.8, 4) is 6.07 Å². The first-order valence-electron chi connectivity index (χ1n) is 7.25. The quantitative estimate of drug-likeness (QED) is 0.814. The van der Waals surface area contributed by atoms with Crippen molar-refractivity contribution in [3.05, 3.63) is 33.2 Å². The Bertz CT molecular complexity index is 710. The Kier molecular flexibility index (Phi) is 3.88. The molecule has 22 heavy (non-hydrogen) atoms. The van der Waals surface area contributed by atoms with E-state index in [2.05, 4.69) is 4.98 Å². The number of piperidine rings is 1. The van der Waals surface area contributed by atoms with Gasteiger partial charge in [-0.25, -0.2) is 0 Å². The number of hydrogen-bond donors (Lipinski definition) is 2. The third kappa shape index (κ3) is 2.53. The fourth-order valence-electron chi connectivity index (χ4n) is 2.74. The molecular formula is C16H21N3O3. The first kappa shape index (κ1) is 16.2. The van der Waals surface area contributed by atoms with Gasteiger partial charge >= 0.3 is 0 Å². The lowest BCUT2D eigenvalue weighted by Crippen LogP contribution is -2.57. The maximum Gasteiger partial charge on any atom is 0.266 e. The summed E-state index contributed by atoms with van der Waals surface area (Å²) in [6, 6.07) is 1.84. The molecule has 1 aromatic heterocycles. The Balaban J connectivity index is 2.35. The molecule has 6 nitrogen and oxygen atoms in total. The van der Waals surface area contributed by atoms with Gasteiger partial charge in [0, 0.05) is 24.7 Å². The van der Waals surface area contributed by atoms with E-state index in [1.807, 2.05) is 19.9 Å². The lowest BCUT2D eigenvalue weighted by atomic mass is 9.71. The van der Waals surface area contributed by atoms with E-state index >= 15 is 0 Å². The largest absolute Gasteiger partial charge is 0.389 e. The molecule has 2 heterocycles. The zero-order valence-electron chi connectivity index (χ0n) is 13.4. The highest BCUT2D eigenvalue weighted by molar-refractivity contribution is 5.96. The average molecular weight is 303 g/mol. The molecule has 0 aliphatic carbocycles. The molecule has 6 heteroatoms. The van der Waals surface area contributed by atoms with E-state index in [0.29, 0.717) is 30.6 Å². The first-order valence-corrected chi connectivity index (χ1v) is 7.25. The third-order valence-electron chi connectivity index (χ3n) is 4.90. The topological polar surface area (TPSA) is 97.2 Å². The van der Waals surface area contributed by atoms with Gasteiger partial charge in [0.15, 0.2) is 0 Å². The fraction of sp³-hybridized carbons (Fsp3) is 0.562. The van der Waals surface area contributed by atoms with Gasteiger partial charge < -0.3 is 15.0 Å². The molecule has 1 atom stereocenters. The van der Waals surface area contributed by atoms with Crippen LogP contribution in [0.4, 0.5) is 0 Å². The minimum atomic E-state index is -0.832. The van der Waals surface area contributed by atoms with E-state index in [1.54, 1.807) is 18.7 Å². The van der Waals surface area contributed by atoms with Crippen LogP contribution in [0.2, 0.25) is 0 Å². The van der Waals surface area contributed by atoms with Gasteiger partial charge in [0.2, 0.25) is 0 Å². The lowest BCUT2D eigenvalue weighted by molar-refractivity contribution is -0.0971. The summed E-state index contributed by atoms with van der Waals surface area (Å²) in [5.41, 5.74) is -1.07. The highest BCUT2D eigenvalue weighted by atomic mass is 16.3. The zero-order chi connectivity index (χ0) is 16.7. The molecule has 1 amide bonds. The molecule has 1 aliphatic heterocycles. The second-order valence-corrected chi connectivity index (χ2v) is 6.78. The third-order valence-corrected chi connectivity index (χ3v) is 4.90. The molecule has 0 bridgehead atoms. The summed E-state index contributed by atoms with van der Waals surface area (Å²) in [5, 5.41) is 19.5. The minimum Gasteiger partial charge on any atom is -0.389 e. The van der Waals surface area contributed by atoms with Crippen LogP contribution < -0.4 is 5.56 Å². The van der Waals surface area contributed by atoms with E-state index in [0.717, 1.165) is 0 Å². The number of aliphatic hydroxyl groups is 1. The minimum absolute atomic E-state index is 0.0332. The van der Waals surface area contributed by atoms with Gasteiger partial charge in [-0.05, 0) is 25.8 Å². The number of carbonyl (C=O) groups excluding carboxylic acids is 1. The second-order valence-electron chi connectivity index (χ2n) is 6.78. The van der Waals surface area contributed by atoms with Gasteiger partial charge in [-0.3, -0.25) is 9.59 Å². The summed E-state index contributed by atoms with van der Waals surface area (Å²) in [4.78, 5) is 28.4. The van der Waals surface area contributed by atoms with Gasteiger partial charge in [-0.2, -0.15) is 5.26 Å². The van der Waals surface area contributed by atoms with Gasteiger partial charge in [0.1, 0.15) is 11.6 Å². The number of nitrogens with zero attached hydrogens (tertiary/aromatic N) is 2. The van der Waals surface area contributed by atoms with Crippen molar-refractivity contribution in [2.24, 2.45) is 5.41 Å². The van der Waals surface area contributed by atoms with Gasteiger partial charge in [0.05, 0.1) is 11.2 Å². The summed E-state index contributed by atoms with van der Waals surface area (Å²) in [6.45, 7) is 8.09. The average Bonchev–Trinajstić information content (AvgIpc) is 2.42. The van der Waals surface area contributed by atoms with Crippen LogP contribution in [-0.2, 0) is 0 Å². The predicted molar refractivity (Wildman–Crippen MR) is 81.4 cm³/mol. The highest BCUT2D eigenvalue weighted by Crippen LogP contribution is 2.38. The number of nitrogens with one attached hydrogen (secondary N) is 1. The molecule has 0 aromatic carbocycles. The van der Waals surface area contributed by atoms with Crippen molar-refractivity contribution >= 4 is 5.91 Å². The summed E-state index contributed by atoms with van der Waals surface area (Å²) in [7, 11) is 0. The van der Waals surface area contributed by atoms with Crippen molar-refractivity contribution in [1.82, 2.24) is 9.88 Å².